The molecule has 0 aliphatic carbocycles. The quantitative estimate of drug-likeness (QED) is 0.506. The zero-order chi connectivity index (χ0) is 15.7. The van der Waals surface area contributed by atoms with Gasteiger partial charge in [0.1, 0.15) is 5.70 Å². The van der Waals surface area contributed by atoms with Gasteiger partial charge in [-0.2, -0.15) is 0 Å². The highest BCUT2D eigenvalue weighted by Crippen LogP contribution is 2.39. The standard InChI is InChI=1S/C16H17BrN2O3/c1-2-22-16(21)14(13-8-7-12-9-19(12)13)18-15(20)10-3-5-11(17)6-4-10/h3-6,12H,2,7-9H2,1H3,(H,18,20)/b14-13+/t12-,19?/m1/s1. The Bertz CT molecular complexity index is 639. The SMILES string of the molecule is CCOC(=O)/C(NC(=O)c1ccc(Br)cc1)=C1/CC[C@@H]2CN12. The Kier molecular flexibility index (Phi) is 4.20. The summed E-state index contributed by atoms with van der Waals surface area (Å²) in [5.74, 6) is -0.760. The maximum absolute atomic E-state index is 12.4. The molecule has 0 spiro atoms. The van der Waals surface area contributed by atoms with Crippen LogP contribution >= 0.6 is 15.9 Å². The Morgan fingerprint density at radius 3 is 2.64 bits per heavy atom. The van der Waals surface area contributed by atoms with Crippen molar-refractivity contribution in [2.75, 3.05) is 13.2 Å². The Morgan fingerprint density at radius 1 is 1.36 bits per heavy atom. The largest absolute Gasteiger partial charge is 0.461 e. The number of esters is 1. The molecule has 1 N–H and O–H groups in total. The second-order valence-corrected chi connectivity index (χ2v) is 6.26. The first kappa shape index (κ1) is 15.1. The molecule has 5 nitrogen and oxygen atoms in total. The van der Waals surface area contributed by atoms with Gasteiger partial charge in [-0.25, -0.2) is 4.79 Å². The molecule has 0 bridgehead atoms. The molecule has 1 aromatic carbocycles. The molecule has 2 aliphatic heterocycles. The van der Waals surface area contributed by atoms with Crippen LogP contribution in [0.25, 0.3) is 0 Å². The van der Waals surface area contributed by atoms with Crippen molar-refractivity contribution in [1.82, 2.24) is 10.2 Å². The molecule has 2 heterocycles. The molecule has 1 amide bonds. The van der Waals surface area contributed by atoms with Crippen LogP contribution in [-0.4, -0.2) is 36.0 Å². The summed E-state index contributed by atoms with van der Waals surface area (Å²) in [5, 5.41) is 2.75. The number of hydrogen-bond donors (Lipinski definition) is 1. The van der Waals surface area contributed by atoms with Gasteiger partial charge in [0.2, 0.25) is 0 Å². The molecule has 0 unspecified atom stereocenters. The van der Waals surface area contributed by atoms with Crippen LogP contribution in [0.2, 0.25) is 0 Å². The van der Waals surface area contributed by atoms with Gasteiger partial charge in [-0.3, -0.25) is 4.79 Å². The predicted molar refractivity (Wildman–Crippen MR) is 85.0 cm³/mol. The van der Waals surface area contributed by atoms with Crippen molar-refractivity contribution in [2.45, 2.75) is 25.8 Å². The van der Waals surface area contributed by atoms with E-state index in [-0.39, 0.29) is 18.2 Å². The summed E-state index contributed by atoms with van der Waals surface area (Å²) in [6, 6.07) is 7.54. The van der Waals surface area contributed by atoms with Gasteiger partial charge in [0.25, 0.3) is 5.91 Å². The van der Waals surface area contributed by atoms with Crippen LogP contribution in [0.15, 0.2) is 40.1 Å². The molecular weight excluding hydrogens is 348 g/mol. The lowest BCUT2D eigenvalue weighted by Crippen LogP contribution is -2.31. The number of nitrogens with zero attached hydrogens (tertiary/aromatic N) is 1. The van der Waals surface area contributed by atoms with Gasteiger partial charge >= 0.3 is 5.97 Å². The summed E-state index contributed by atoms with van der Waals surface area (Å²) >= 11 is 3.33. The zero-order valence-corrected chi connectivity index (χ0v) is 13.9. The van der Waals surface area contributed by atoms with Gasteiger partial charge in [-0.15, -0.1) is 0 Å². The van der Waals surface area contributed by atoms with Crippen LogP contribution in [0, 0.1) is 0 Å². The molecular formula is C16H17BrN2O3. The number of fused-ring (bicyclic) bond motifs is 1. The topological polar surface area (TPSA) is 58.4 Å². The average Bonchev–Trinajstić information content (AvgIpc) is 3.17. The van der Waals surface area contributed by atoms with Crippen LogP contribution in [-0.2, 0) is 9.53 Å². The molecule has 2 aliphatic rings. The molecule has 116 valence electrons. The van der Waals surface area contributed by atoms with Crippen molar-refractivity contribution in [3.8, 4) is 0 Å². The van der Waals surface area contributed by atoms with E-state index in [0.29, 0.717) is 11.6 Å². The number of amides is 1. The van der Waals surface area contributed by atoms with E-state index in [4.69, 9.17) is 4.74 Å². The van der Waals surface area contributed by atoms with Gasteiger partial charge < -0.3 is 15.0 Å². The number of halogens is 1. The summed E-state index contributed by atoms with van der Waals surface area (Å²) in [7, 11) is 0. The van der Waals surface area contributed by atoms with Crippen molar-refractivity contribution >= 4 is 27.8 Å². The van der Waals surface area contributed by atoms with Crippen molar-refractivity contribution in [1.29, 1.82) is 0 Å². The summed E-state index contributed by atoms with van der Waals surface area (Å²) in [5.41, 5.74) is 1.69. The molecule has 1 aromatic rings. The van der Waals surface area contributed by atoms with E-state index in [1.54, 1.807) is 31.2 Å². The lowest BCUT2D eigenvalue weighted by Gasteiger charge is -2.14. The Hall–Kier alpha value is -1.82. The fourth-order valence-corrected chi connectivity index (χ4v) is 2.97. The Labute approximate surface area is 137 Å². The fraction of sp³-hybridized carbons (Fsp3) is 0.375. The highest BCUT2D eigenvalue weighted by atomic mass is 79.9. The third-order valence-electron chi connectivity index (χ3n) is 3.89. The van der Waals surface area contributed by atoms with Gasteiger partial charge in [0.15, 0.2) is 0 Å². The van der Waals surface area contributed by atoms with Gasteiger partial charge in [0.05, 0.1) is 6.61 Å². The smallest absolute Gasteiger partial charge is 0.356 e. The van der Waals surface area contributed by atoms with E-state index < -0.39 is 5.97 Å². The highest BCUT2D eigenvalue weighted by molar-refractivity contribution is 9.10. The summed E-state index contributed by atoms with van der Waals surface area (Å²) in [6.45, 7) is 3.01. The number of allylic oxidation sites excluding steroid dienone is 1. The van der Waals surface area contributed by atoms with Gasteiger partial charge in [-0.05, 0) is 44.0 Å². The molecule has 2 fully saturated rings. The normalized spacial score (nSPS) is 21.2. The number of benzene rings is 1. The van der Waals surface area contributed by atoms with E-state index in [9.17, 15) is 9.59 Å². The van der Waals surface area contributed by atoms with Crippen LogP contribution in [0.5, 0.6) is 0 Å². The molecule has 2 saturated heterocycles. The molecule has 6 heteroatoms. The first-order valence-corrected chi connectivity index (χ1v) is 8.13. The Morgan fingerprint density at radius 2 is 2.09 bits per heavy atom. The van der Waals surface area contributed by atoms with E-state index in [1.165, 1.54) is 0 Å². The summed E-state index contributed by atoms with van der Waals surface area (Å²) in [6.07, 6.45) is 1.84. The number of piperidine rings is 1. The first-order valence-electron chi connectivity index (χ1n) is 7.34. The second kappa shape index (κ2) is 6.12. The molecule has 0 aromatic heterocycles. The lowest BCUT2D eigenvalue weighted by molar-refractivity contribution is -0.139. The minimum absolute atomic E-state index is 0.285. The third-order valence-corrected chi connectivity index (χ3v) is 4.42. The summed E-state index contributed by atoms with van der Waals surface area (Å²) in [4.78, 5) is 26.7. The monoisotopic (exact) mass is 364 g/mol. The van der Waals surface area contributed by atoms with Crippen molar-refractivity contribution in [3.63, 3.8) is 0 Å². The van der Waals surface area contributed by atoms with E-state index in [2.05, 4.69) is 26.1 Å². The number of rotatable bonds is 4. The van der Waals surface area contributed by atoms with Crippen molar-refractivity contribution in [3.05, 3.63) is 45.7 Å². The lowest BCUT2D eigenvalue weighted by atomic mass is 10.1. The van der Waals surface area contributed by atoms with Gasteiger partial charge in [0, 0.05) is 28.3 Å². The number of ether oxygens (including phenoxy) is 1. The first-order chi connectivity index (χ1) is 10.6. The third kappa shape index (κ3) is 3.02. The van der Waals surface area contributed by atoms with E-state index in [1.807, 2.05) is 0 Å². The van der Waals surface area contributed by atoms with Gasteiger partial charge in [-0.1, -0.05) is 15.9 Å². The van der Waals surface area contributed by atoms with Crippen LogP contribution in [0.4, 0.5) is 0 Å². The number of carbonyl (C=O) groups is 2. The number of nitrogens with one attached hydrogen (secondary N) is 1. The molecule has 1 atom stereocenters. The maximum Gasteiger partial charge on any atom is 0.356 e. The average molecular weight is 365 g/mol. The molecule has 0 saturated carbocycles. The number of hydrogen-bond acceptors (Lipinski definition) is 4. The van der Waals surface area contributed by atoms with E-state index in [0.717, 1.165) is 29.6 Å². The van der Waals surface area contributed by atoms with Crippen LogP contribution in [0.1, 0.15) is 30.1 Å². The molecule has 22 heavy (non-hydrogen) atoms. The van der Waals surface area contributed by atoms with Crippen molar-refractivity contribution < 1.29 is 14.3 Å². The maximum atomic E-state index is 12.4. The molecule has 3 rings (SSSR count). The van der Waals surface area contributed by atoms with Crippen molar-refractivity contribution in [2.24, 2.45) is 0 Å². The van der Waals surface area contributed by atoms with Crippen LogP contribution < -0.4 is 5.32 Å². The highest BCUT2D eigenvalue weighted by Gasteiger charge is 2.43. The predicted octanol–water partition coefficient (Wildman–Crippen LogP) is 2.43. The molecule has 0 radical (unpaired) electrons. The van der Waals surface area contributed by atoms with Crippen LogP contribution in [0.3, 0.4) is 0 Å². The Balaban J connectivity index is 1.82. The summed E-state index contributed by atoms with van der Waals surface area (Å²) < 4.78 is 5.99. The number of carbonyl (C=O) groups excluding carboxylic acids is 2. The second-order valence-electron chi connectivity index (χ2n) is 5.35. The minimum Gasteiger partial charge on any atom is -0.461 e. The van der Waals surface area contributed by atoms with E-state index >= 15 is 0 Å². The fourth-order valence-electron chi connectivity index (χ4n) is 2.70. The zero-order valence-electron chi connectivity index (χ0n) is 12.3. The minimum atomic E-state index is -0.462.